The van der Waals surface area contributed by atoms with Crippen molar-refractivity contribution >= 4 is 17.5 Å². The van der Waals surface area contributed by atoms with E-state index in [0.29, 0.717) is 5.56 Å². The molecule has 16 heavy (non-hydrogen) atoms. The first-order valence-corrected chi connectivity index (χ1v) is 4.80. The molecule has 1 aromatic heterocycles. The Bertz CT molecular complexity index is 595. The Balaban J connectivity index is 2.69. The minimum atomic E-state index is -0.507. The summed E-state index contributed by atoms with van der Waals surface area (Å²) < 4.78 is 0. The third-order valence-electron chi connectivity index (χ3n) is 2.00. The molecule has 4 N–H and O–H groups in total. The molecule has 0 radical (unpaired) electrons. The smallest absolute Gasteiger partial charge is 0.271 e. The summed E-state index contributed by atoms with van der Waals surface area (Å²) >= 11 is 5.81. The maximum Gasteiger partial charge on any atom is 0.271 e. The number of aromatic hydroxyl groups is 1. The summed E-state index contributed by atoms with van der Waals surface area (Å²) in [5, 5.41) is 9.26. The molecule has 2 rings (SSSR count). The fourth-order valence-corrected chi connectivity index (χ4v) is 1.52. The van der Waals surface area contributed by atoms with E-state index in [4.69, 9.17) is 17.3 Å². The Morgan fingerprint density at radius 3 is 2.88 bits per heavy atom. The van der Waals surface area contributed by atoms with Crippen LogP contribution in [0.1, 0.15) is 0 Å². The van der Waals surface area contributed by atoms with Gasteiger partial charge in [-0.3, -0.25) is 9.78 Å². The molecule has 1 heterocycles. The monoisotopic (exact) mass is 237 g/mol. The quantitative estimate of drug-likeness (QED) is 0.699. The Kier molecular flexibility index (Phi) is 2.54. The van der Waals surface area contributed by atoms with Crippen LogP contribution in [0.2, 0.25) is 5.02 Å². The number of phenols is 1. The molecule has 0 spiro atoms. The number of hydrogen-bond acceptors (Lipinski definition) is 4. The molecule has 0 amide bonds. The minimum absolute atomic E-state index is 0.0206. The van der Waals surface area contributed by atoms with Crippen LogP contribution in [0.25, 0.3) is 11.3 Å². The highest BCUT2D eigenvalue weighted by atomic mass is 35.5. The SMILES string of the molecule is Nc1nc(-c2cccc(O)c2)c(Cl)c(=O)[nH]1. The lowest BCUT2D eigenvalue weighted by atomic mass is 10.1. The van der Waals surface area contributed by atoms with Crippen LogP contribution < -0.4 is 11.3 Å². The van der Waals surface area contributed by atoms with Gasteiger partial charge in [-0.2, -0.15) is 0 Å². The average molecular weight is 238 g/mol. The number of aromatic nitrogens is 2. The molecule has 6 heteroatoms. The first-order valence-electron chi connectivity index (χ1n) is 4.42. The van der Waals surface area contributed by atoms with Crippen molar-refractivity contribution in [2.75, 3.05) is 5.73 Å². The number of nitrogens with two attached hydrogens (primary N) is 1. The highest BCUT2D eigenvalue weighted by molar-refractivity contribution is 6.32. The molecule has 1 aromatic carbocycles. The Labute approximate surface area is 95.5 Å². The zero-order valence-electron chi connectivity index (χ0n) is 8.07. The van der Waals surface area contributed by atoms with Gasteiger partial charge in [0.1, 0.15) is 10.8 Å². The van der Waals surface area contributed by atoms with Crippen molar-refractivity contribution in [2.24, 2.45) is 0 Å². The second-order valence-electron chi connectivity index (χ2n) is 3.16. The van der Waals surface area contributed by atoms with Gasteiger partial charge in [0.2, 0.25) is 5.95 Å². The molecule has 5 nitrogen and oxygen atoms in total. The number of rotatable bonds is 1. The summed E-state index contributed by atoms with van der Waals surface area (Å²) in [6.45, 7) is 0. The molecule has 0 saturated heterocycles. The van der Waals surface area contributed by atoms with Gasteiger partial charge in [0.05, 0.1) is 5.69 Å². The number of hydrogen-bond donors (Lipinski definition) is 3. The number of nitrogen functional groups attached to an aromatic ring is 1. The highest BCUT2D eigenvalue weighted by Gasteiger charge is 2.10. The zero-order chi connectivity index (χ0) is 11.7. The Hall–Kier alpha value is -2.01. The first-order chi connectivity index (χ1) is 7.58. The topological polar surface area (TPSA) is 92.0 Å². The van der Waals surface area contributed by atoms with Gasteiger partial charge in [0.25, 0.3) is 5.56 Å². The van der Waals surface area contributed by atoms with E-state index in [1.807, 2.05) is 0 Å². The van der Waals surface area contributed by atoms with Gasteiger partial charge in [-0.1, -0.05) is 23.7 Å². The summed E-state index contributed by atoms with van der Waals surface area (Å²) in [4.78, 5) is 17.6. The van der Waals surface area contributed by atoms with Crippen LogP contribution in [0.3, 0.4) is 0 Å². The molecule has 0 fully saturated rings. The predicted octanol–water partition coefficient (Wildman–Crippen LogP) is 1.38. The van der Waals surface area contributed by atoms with E-state index in [-0.39, 0.29) is 22.4 Å². The van der Waals surface area contributed by atoms with E-state index in [2.05, 4.69) is 9.97 Å². The van der Waals surface area contributed by atoms with E-state index in [1.54, 1.807) is 12.1 Å². The van der Waals surface area contributed by atoms with Gasteiger partial charge in [0, 0.05) is 5.56 Å². The van der Waals surface area contributed by atoms with Crippen molar-refractivity contribution < 1.29 is 5.11 Å². The largest absolute Gasteiger partial charge is 0.508 e. The molecule has 0 bridgehead atoms. The molecule has 0 atom stereocenters. The summed E-state index contributed by atoms with van der Waals surface area (Å²) in [5.41, 5.74) is 5.69. The van der Waals surface area contributed by atoms with Crippen molar-refractivity contribution in [3.8, 4) is 17.0 Å². The number of phenolic OH excluding ortho intramolecular Hbond substituents is 1. The number of anilines is 1. The van der Waals surface area contributed by atoms with E-state index in [9.17, 15) is 9.90 Å². The van der Waals surface area contributed by atoms with Crippen molar-refractivity contribution in [3.63, 3.8) is 0 Å². The van der Waals surface area contributed by atoms with Crippen LogP contribution in [0.15, 0.2) is 29.1 Å². The fourth-order valence-electron chi connectivity index (χ4n) is 1.32. The lowest BCUT2D eigenvalue weighted by molar-refractivity contribution is 0.475. The predicted molar refractivity (Wildman–Crippen MR) is 61.4 cm³/mol. The fraction of sp³-hybridized carbons (Fsp3) is 0. The zero-order valence-corrected chi connectivity index (χ0v) is 8.82. The van der Waals surface area contributed by atoms with E-state index >= 15 is 0 Å². The maximum absolute atomic E-state index is 11.3. The molecule has 0 unspecified atom stereocenters. The summed E-state index contributed by atoms with van der Waals surface area (Å²) in [5.74, 6) is 0.0435. The van der Waals surface area contributed by atoms with Gasteiger partial charge < -0.3 is 10.8 Å². The number of nitrogens with zero attached hydrogens (tertiary/aromatic N) is 1. The second kappa shape index (κ2) is 3.86. The van der Waals surface area contributed by atoms with Crippen LogP contribution in [0.4, 0.5) is 5.95 Å². The molecule has 0 saturated carbocycles. The van der Waals surface area contributed by atoms with Crippen molar-refractivity contribution in [1.82, 2.24) is 9.97 Å². The van der Waals surface area contributed by atoms with Crippen LogP contribution in [-0.4, -0.2) is 15.1 Å². The molecular weight excluding hydrogens is 230 g/mol. The summed E-state index contributed by atoms with van der Waals surface area (Å²) in [7, 11) is 0. The van der Waals surface area contributed by atoms with Crippen molar-refractivity contribution in [3.05, 3.63) is 39.6 Å². The van der Waals surface area contributed by atoms with Gasteiger partial charge in [-0.05, 0) is 12.1 Å². The normalized spacial score (nSPS) is 10.3. The number of benzene rings is 1. The van der Waals surface area contributed by atoms with Crippen LogP contribution in [0, 0.1) is 0 Å². The van der Waals surface area contributed by atoms with Gasteiger partial charge in [-0.15, -0.1) is 0 Å². The molecular formula is C10H8ClN3O2. The van der Waals surface area contributed by atoms with Gasteiger partial charge in [-0.25, -0.2) is 4.98 Å². The lowest BCUT2D eigenvalue weighted by Gasteiger charge is -2.04. The minimum Gasteiger partial charge on any atom is -0.508 e. The highest BCUT2D eigenvalue weighted by Crippen LogP contribution is 2.25. The summed E-state index contributed by atoms with van der Waals surface area (Å²) in [6, 6.07) is 6.26. The van der Waals surface area contributed by atoms with Gasteiger partial charge >= 0.3 is 0 Å². The average Bonchev–Trinajstić information content (AvgIpc) is 2.23. The second-order valence-corrected chi connectivity index (χ2v) is 3.54. The molecule has 0 aliphatic heterocycles. The van der Waals surface area contributed by atoms with Gasteiger partial charge in [0.15, 0.2) is 0 Å². The first kappa shape index (κ1) is 10.5. The van der Waals surface area contributed by atoms with Crippen LogP contribution in [0.5, 0.6) is 5.75 Å². The van der Waals surface area contributed by atoms with Crippen LogP contribution >= 0.6 is 11.6 Å². The number of halogens is 1. The lowest BCUT2D eigenvalue weighted by Crippen LogP contribution is -2.12. The standard InChI is InChI=1S/C10H8ClN3O2/c11-7-8(13-10(12)14-9(7)16)5-2-1-3-6(15)4-5/h1-4,15H,(H3,12,13,14,16). The maximum atomic E-state index is 11.3. The molecule has 82 valence electrons. The van der Waals surface area contributed by atoms with Crippen LogP contribution in [-0.2, 0) is 0 Å². The van der Waals surface area contributed by atoms with Crippen molar-refractivity contribution in [1.29, 1.82) is 0 Å². The van der Waals surface area contributed by atoms with Crippen molar-refractivity contribution in [2.45, 2.75) is 0 Å². The van der Waals surface area contributed by atoms with E-state index < -0.39 is 5.56 Å². The third kappa shape index (κ3) is 1.85. The number of nitrogens with one attached hydrogen (secondary N) is 1. The number of H-pyrrole nitrogens is 1. The number of aromatic amines is 1. The Morgan fingerprint density at radius 1 is 1.44 bits per heavy atom. The van der Waals surface area contributed by atoms with E-state index in [0.717, 1.165) is 0 Å². The summed E-state index contributed by atoms with van der Waals surface area (Å²) in [6.07, 6.45) is 0. The Morgan fingerprint density at radius 2 is 2.19 bits per heavy atom. The van der Waals surface area contributed by atoms with E-state index in [1.165, 1.54) is 12.1 Å². The molecule has 0 aliphatic rings. The molecule has 2 aromatic rings. The molecule has 0 aliphatic carbocycles. The third-order valence-corrected chi connectivity index (χ3v) is 2.35.